The van der Waals surface area contributed by atoms with Crippen molar-refractivity contribution in [2.75, 3.05) is 25.2 Å². The molecule has 0 radical (unpaired) electrons. The highest BCUT2D eigenvalue weighted by atomic mass is 32.2. The van der Waals surface area contributed by atoms with Crippen molar-refractivity contribution in [1.82, 2.24) is 15.5 Å². The zero-order valence-electron chi connectivity index (χ0n) is 22.8. The second-order valence-corrected chi connectivity index (χ2v) is 10.4. The van der Waals surface area contributed by atoms with Crippen LogP contribution in [0, 0.1) is 26.3 Å². The first-order valence-corrected chi connectivity index (χ1v) is 13.5. The van der Waals surface area contributed by atoms with Crippen molar-refractivity contribution in [3.8, 4) is 12.5 Å². The lowest BCUT2D eigenvalue weighted by atomic mass is 9.94. The normalized spacial score (nSPS) is 12.5. The Balaban J connectivity index is 3.37. The zero-order valence-corrected chi connectivity index (χ0v) is 23.6. The number of hydrogen-bond donors (Lipinski definition) is 2. The van der Waals surface area contributed by atoms with Gasteiger partial charge in [-0.1, -0.05) is 24.6 Å². The summed E-state index contributed by atoms with van der Waals surface area (Å²) in [4.78, 5) is 52.5. The molecule has 2 unspecified atom stereocenters. The molecule has 1 aromatic carbocycles. The fourth-order valence-corrected chi connectivity index (χ4v) is 4.10. The van der Waals surface area contributed by atoms with Gasteiger partial charge in [-0.05, 0) is 76.7 Å². The van der Waals surface area contributed by atoms with Gasteiger partial charge in [0, 0.05) is 12.6 Å². The largest absolute Gasteiger partial charge is 0.466 e. The summed E-state index contributed by atoms with van der Waals surface area (Å²) in [5.74, 6) is -1.05. The molecule has 0 bridgehead atoms. The maximum atomic E-state index is 13.7. The number of nitrogens with zero attached hydrogens (tertiary/aromatic N) is 1. The van der Waals surface area contributed by atoms with Crippen LogP contribution in [0.25, 0.3) is 0 Å². The van der Waals surface area contributed by atoms with Crippen LogP contribution >= 0.6 is 11.8 Å². The van der Waals surface area contributed by atoms with Crippen LogP contribution < -0.4 is 10.6 Å². The maximum absolute atomic E-state index is 13.7. The van der Waals surface area contributed by atoms with Gasteiger partial charge in [0.05, 0.1) is 13.0 Å². The van der Waals surface area contributed by atoms with Crippen LogP contribution in [-0.4, -0.2) is 65.6 Å². The van der Waals surface area contributed by atoms with Crippen LogP contribution in [0.2, 0.25) is 0 Å². The fourth-order valence-electron chi connectivity index (χ4n) is 3.63. The molecule has 1 rings (SSSR count). The average Bonchev–Trinajstić information content (AvgIpc) is 2.79. The molecule has 0 heterocycles. The number of ether oxygens (including phenoxy) is 2. The molecule has 1 aromatic rings. The van der Waals surface area contributed by atoms with E-state index in [-0.39, 0.29) is 26.0 Å². The molecule has 0 saturated heterocycles. The molecule has 0 aromatic heterocycles. The van der Waals surface area contributed by atoms with Gasteiger partial charge in [0.1, 0.15) is 17.7 Å². The second kappa shape index (κ2) is 15.2. The third kappa shape index (κ3) is 10.4. The standard InChI is InChI=1S/C27H39N3O6S/c1-9-30(25(33)20(15-17-37-8)29-26(34)36-27(5,6)7)23(22-18(3)12-11-13-19(22)4)24(32)28-16-14-21(31)35-10-2/h1,11-13,20,23H,10,14-17H2,2-8H3,(H,28,32)(H,29,34). The molecule has 3 amide bonds. The first-order valence-electron chi connectivity index (χ1n) is 12.1. The number of rotatable bonds is 12. The van der Waals surface area contributed by atoms with Crippen LogP contribution in [0.4, 0.5) is 4.79 Å². The highest BCUT2D eigenvalue weighted by Crippen LogP contribution is 2.28. The SMILES string of the molecule is C#CN(C(=O)C(CCSC)NC(=O)OC(C)(C)C)C(C(=O)NCCC(=O)OCC)c1c(C)cccc1C. The van der Waals surface area contributed by atoms with Crippen LogP contribution in [0.15, 0.2) is 18.2 Å². The molecule has 2 atom stereocenters. The average molecular weight is 534 g/mol. The van der Waals surface area contributed by atoms with E-state index in [9.17, 15) is 19.2 Å². The van der Waals surface area contributed by atoms with Gasteiger partial charge in [-0.25, -0.2) is 4.79 Å². The van der Waals surface area contributed by atoms with E-state index in [1.54, 1.807) is 27.7 Å². The number of nitrogens with one attached hydrogen (secondary N) is 2. The van der Waals surface area contributed by atoms with Gasteiger partial charge in [-0.2, -0.15) is 11.8 Å². The second-order valence-electron chi connectivity index (χ2n) is 9.37. The Kier molecular flexibility index (Phi) is 13.0. The number of aryl methyl sites for hydroxylation is 2. The molecule has 37 heavy (non-hydrogen) atoms. The van der Waals surface area contributed by atoms with Crippen molar-refractivity contribution in [1.29, 1.82) is 0 Å². The molecule has 0 fully saturated rings. The van der Waals surface area contributed by atoms with Gasteiger partial charge in [-0.15, -0.1) is 0 Å². The van der Waals surface area contributed by atoms with Gasteiger partial charge < -0.3 is 20.1 Å². The Hall–Kier alpha value is -3.19. The Morgan fingerprint density at radius 1 is 1.16 bits per heavy atom. The number of esters is 1. The quantitative estimate of drug-likeness (QED) is 0.240. The number of thioether (sulfide) groups is 1. The predicted molar refractivity (Wildman–Crippen MR) is 145 cm³/mol. The summed E-state index contributed by atoms with van der Waals surface area (Å²) in [7, 11) is 0. The minimum absolute atomic E-state index is 0.0117. The summed E-state index contributed by atoms with van der Waals surface area (Å²) >= 11 is 1.50. The summed E-state index contributed by atoms with van der Waals surface area (Å²) in [6, 6.07) is 5.66. The lowest BCUT2D eigenvalue weighted by Gasteiger charge is -2.31. The molecule has 0 spiro atoms. The van der Waals surface area contributed by atoms with Crippen molar-refractivity contribution in [2.45, 2.75) is 72.1 Å². The summed E-state index contributed by atoms with van der Waals surface area (Å²) in [5.41, 5.74) is 1.34. The molecule has 9 nitrogen and oxygen atoms in total. The van der Waals surface area contributed by atoms with E-state index in [4.69, 9.17) is 15.9 Å². The summed E-state index contributed by atoms with van der Waals surface area (Å²) in [6.45, 7) is 10.7. The predicted octanol–water partition coefficient (Wildman–Crippen LogP) is 3.48. The van der Waals surface area contributed by atoms with E-state index in [1.165, 1.54) is 11.8 Å². The van der Waals surface area contributed by atoms with Crippen LogP contribution in [-0.2, 0) is 23.9 Å². The minimum atomic E-state index is -1.18. The molecule has 204 valence electrons. The first kappa shape index (κ1) is 31.8. The highest BCUT2D eigenvalue weighted by Gasteiger charge is 2.37. The summed E-state index contributed by atoms with van der Waals surface area (Å²) < 4.78 is 10.2. The van der Waals surface area contributed by atoms with Gasteiger partial charge >= 0.3 is 12.1 Å². The van der Waals surface area contributed by atoms with Crippen LogP contribution in [0.3, 0.4) is 0 Å². The number of carbonyl (C=O) groups is 4. The van der Waals surface area contributed by atoms with Gasteiger partial charge in [-0.3, -0.25) is 19.3 Å². The minimum Gasteiger partial charge on any atom is -0.466 e. The summed E-state index contributed by atoms with van der Waals surface area (Å²) in [6.07, 6.45) is 7.19. The van der Waals surface area contributed by atoms with Crippen molar-refractivity contribution >= 4 is 35.6 Å². The number of benzene rings is 1. The van der Waals surface area contributed by atoms with Crippen LogP contribution in [0.1, 0.15) is 63.3 Å². The highest BCUT2D eigenvalue weighted by molar-refractivity contribution is 7.98. The smallest absolute Gasteiger partial charge is 0.408 e. The third-order valence-corrected chi connectivity index (χ3v) is 5.88. The molecule has 0 aliphatic rings. The van der Waals surface area contributed by atoms with E-state index < -0.39 is 41.6 Å². The lowest BCUT2D eigenvalue weighted by molar-refractivity contribution is -0.143. The van der Waals surface area contributed by atoms with E-state index in [0.717, 1.165) is 16.0 Å². The maximum Gasteiger partial charge on any atom is 0.408 e. The van der Waals surface area contributed by atoms with Crippen molar-refractivity contribution in [3.05, 3.63) is 34.9 Å². The Labute approximate surface area is 224 Å². The molecular weight excluding hydrogens is 494 g/mol. The Bertz CT molecular complexity index is 979. The number of terminal acetylenes is 1. The molecule has 0 aliphatic carbocycles. The van der Waals surface area contributed by atoms with Gasteiger partial charge in [0.2, 0.25) is 5.91 Å². The third-order valence-electron chi connectivity index (χ3n) is 5.23. The van der Waals surface area contributed by atoms with Crippen molar-refractivity contribution in [2.24, 2.45) is 0 Å². The molecule has 0 saturated carbocycles. The fraction of sp³-hybridized carbons (Fsp3) is 0.556. The monoisotopic (exact) mass is 533 g/mol. The molecule has 10 heteroatoms. The number of amides is 3. The lowest BCUT2D eigenvalue weighted by Crippen LogP contribution is -2.52. The number of alkyl carbamates (subject to hydrolysis) is 1. The van der Waals surface area contributed by atoms with E-state index in [2.05, 4.69) is 16.7 Å². The van der Waals surface area contributed by atoms with Crippen LogP contribution in [0.5, 0.6) is 0 Å². The first-order chi connectivity index (χ1) is 17.4. The molecular formula is C27H39N3O6S. The molecule has 0 aliphatic heterocycles. The van der Waals surface area contributed by atoms with Crippen molar-refractivity contribution < 1.29 is 28.7 Å². The number of hydrogen-bond acceptors (Lipinski definition) is 7. The van der Waals surface area contributed by atoms with Crippen molar-refractivity contribution in [3.63, 3.8) is 0 Å². The number of carbonyl (C=O) groups excluding carboxylic acids is 4. The van der Waals surface area contributed by atoms with E-state index >= 15 is 0 Å². The topological polar surface area (TPSA) is 114 Å². The van der Waals surface area contributed by atoms with Gasteiger partial charge in [0.15, 0.2) is 0 Å². The Morgan fingerprint density at radius 3 is 2.30 bits per heavy atom. The van der Waals surface area contributed by atoms with E-state index in [0.29, 0.717) is 11.3 Å². The zero-order chi connectivity index (χ0) is 28.2. The molecule has 2 N–H and O–H groups in total. The summed E-state index contributed by atoms with van der Waals surface area (Å²) in [5, 5.41) is 5.32. The van der Waals surface area contributed by atoms with E-state index in [1.807, 2.05) is 38.3 Å². The Morgan fingerprint density at radius 2 is 1.78 bits per heavy atom. The van der Waals surface area contributed by atoms with Gasteiger partial charge in [0.25, 0.3) is 5.91 Å².